The molecular formula is C45H53N5O4. The lowest BCUT2D eigenvalue weighted by Crippen LogP contribution is -2.56. The predicted molar refractivity (Wildman–Crippen MR) is 215 cm³/mol. The third-order valence-electron chi connectivity index (χ3n) is 10.2. The van der Waals surface area contributed by atoms with E-state index in [1.54, 1.807) is 17.9 Å². The van der Waals surface area contributed by atoms with E-state index in [0.29, 0.717) is 32.6 Å². The van der Waals surface area contributed by atoms with Crippen molar-refractivity contribution in [2.75, 3.05) is 57.3 Å². The van der Waals surface area contributed by atoms with Crippen LogP contribution in [0.3, 0.4) is 0 Å². The van der Waals surface area contributed by atoms with Gasteiger partial charge in [-0.25, -0.2) is 0 Å². The normalized spacial score (nSPS) is 15.7. The van der Waals surface area contributed by atoms with Crippen molar-refractivity contribution in [3.8, 4) is 5.75 Å². The number of rotatable bonds is 13. The summed E-state index contributed by atoms with van der Waals surface area (Å²) in [6.07, 6.45) is 3.87. The summed E-state index contributed by atoms with van der Waals surface area (Å²) in [5.74, 6) is 0.625. The van der Waals surface area contributed by atoms with Gasteiger partial charge in [0.25, 0.3) is 0 Å². The Morgan fingerprint density at radius 2 is 1.28 bits per heavy atom. The van der Waals surface area contributed by atoms with Crippen molar-refractivity contribution in [1.29, 1.82) is 0 Å². The Morgan fingerprint density at radius 1 is 0.685 bits per heavy atom. The van der Waals surface area contributed by atoms with Gasteiger partial charge >= 0.3 is 0 Å². The monoisotopic (exact) mass is 727 g/mol. The van der Waals surface area contributed by atoms with Crippen LogP contribution in [0.1, 0.15) is 43.0 Å². The van der Waals surface area contributed by atoms with Gasteiger partial charge in [-0.3, -0.25) is 19.3 Å². The van der Waals surface area contributed by atoms with Gasteiger partial charge in [-0.05, 0) is 66.4 Å². The summed E-state index contributed by atoms with van der Waals surface area (Å²) in [5, 5.41) is 0. The van der Waals surface area contributed by atoms with Crippen molar-refractivity contribution < 1.29 is 19.1 Å². The van der Waals surface area contributed by atoms with Gasteiger partial charge in [0.2, 0.25) is 17.7 Å². The minimum Gasteiger partial charge on any atom is -0.491 e. The van der Waals surface area contributed by atoms with Crippen molar-refractivity contribution in [3.05, 3.63) is 138 Å². The van der Waals surface area contributed by atoms with Crippen LogP contribution in [-0.4, -0.2) is 102 Å². The molecule has 2 heterocycles. The van der Waals surface area contributed by atoms with Crippen LogP contribution < -0.4 is 9.64 Å². The highest BCUT2D eigenvalue weighted by atomic mass is 16.5. The number of carbonyl (C=O) groups is 3. The Balaban J connectivity index is 1.24. The van der Waals surface area contributed by atoms with Crippen molar-refractivity contribution in [2.24, 2.45) is 0 Å². The molecule has 6 rings (SSSR count). The molecule has 2 fully saturated rings. The van der Waals surface area contributed by atoms with E-state index >= 15 is 0 Å². The van der Waals surface area contributed by atoms with E-state index in [9.17, 15) is 14.4 Å². The van der Waals surface area contributed by atoms with Gasteiger partial charge in [0.15, 0.2) is 0 Å². The van der Waals surface area contributed by atoms with Crippen molar-refractivity contribution >= 4 is 29.5 Å². The molecule has 4 aromatic carbocycles. The zero-order chi connectivity index (χ0) is 37.9. The Kier molecular flexibility index (Phi) is 13.2. The molecule has 0 aliphatic carbocycles. The Hall–Kier alpha value is -5.41. The molecule has 282 valence electrons. The van der Waals surface area contributed by atoms with Crippen LogP contribution in [0.25, 0.3) is 6.08 Å². The maximum Gasteiger partial charge on any atom is 0.247 e. The lowest BCUT2D eigenvalue weighted by Gasteiger charge is -2.39. The molecule has 0 saturated carbocycles. The maximum absolute atomic E-state index is 14.7. The third-order valence-corrected chi connectivity index (χ3v) is 10.2. The van der Waals surface area contributed by atoms with Gasteiger partial charge in [0.05, 0.1) is 6.10 Å². The molecule has 0 radical (unpaired) electrons. The predicted octanol–water partition coefficient (Wildman–Crippen LogP) is 6.14. The summed E-state index contributed by atoms with van der Waals surface area (Å²) in [5.41, 5.74) is 5.15. The first-order valence-electron chi connectivity index (χ1n) is 19.2. The van der Waals surface area contributed by atoms with E-state index in [1.165, 1.54) is 5.56 Å². The molecule has 2 saturated heterocycles. The molecule has 0 unspecified atom stereocenters. The molecule has 0 N–H and O–H groups in total. The highest BCUT2D eigenvalue weighted by molar-refractivity contribution is 5.96. The van der Waals surface area contributed by atoms with Crippen molar-refractivity contribution in [2.45, 2.75) is 52.4 Å². The number of benzene rings is 4. The molecule has 1 atom stereocenters. The molecule has 2 aliphatic heterocycles. The molecule has 3 amide bonds. The van der Waals surface area contributed by atoms with E-state index in [-0.39, 0.29) is 30.4 Å². The molecule has 0 spiro atoms. The molecule has 9 heteroatoms. The third kappa shape index (κ3) is 10.6. The second-order valence-electron chi connectivity index (χ2n) is 14.5. The topological polar surface area (TPSA) is 76.6 Å². The summed E-state index contributed by atoms with van der Waals surface area (Å²) >= 11 is 0. The van der Waals surface area contributed by atoms with E-state index < -0.39 is 6.04 Å². The molecule has 54 heavy (non-hydrogen) atoms. The first-order chi connectivity index (χ1) is 26.2. The van der Waals surface area contributed by atoms with Gasteiger partial charge < -0.3 is 24.3 Å². The number of nitrogens with zero attached hydrogens (tertiary/aromatic N) is 5. The minimum atomic E-state index is -0.702. The lowest BCUT2D eigenvalue weighted by molar-refractivity contribution is -0.145. The molecule has 0 aromatic heterocycles. The van der Waals surface area contributed by atoms with Gasteiger partial charge in [-0.1, -0.05) is 84.9 Å². The fourth-order valence-corrected chi connectivity index (χ4v) is 7.17. The second-order valence-corrected chi connectivity index (χ2v) is 14.5. The van der Waals surface area contributed by atoms with Crippen LogP contribution in [0.2, 0.25) is 0 Å². The summed E-state index contributed by atoms with van der Waals surface area (Å²) in [6, 6.07) is 35.6. The molecule has 4 aromatic rings. The van der Waals surface area contributed by atoms with Crippen molar-refractivity contribution in [3.63, 3.8) is 0 Å². The summed E-state index contributed by atoms with van der Waals surface area (Å²) < 4.78 is 5.81. The smallest absolute Gasteiger partial charge is 0.247 e. The number of hydrogen-bond acceptors (Lipinski definition) is 6. The highest BCUT2D eigenvalue weighted by Crippen LogP contribution is 2.23. The average molecular weight is 728 g/mol. The average Bonchev–Trinajstić information content (AvgIpc) is 3.20. The quantitative estimate of drug-likeness (QED) is 0.154. The maximum atomic E-state index is 14.7. The number of carbonyl (C=O) groups excluding carboxylic acids is 3. The summed E-state index contributed by atoms with van der Waals surface area (Å²) in [4.78, 5) is 51.2. The van der Waals surface area contributed by atoms with Gasteiger partial charge in [0, 0.05) is 90.6 Å². The number of anilines is 1. The first kappa shape index (κ1) is 38.3. The highest BCUT2D eigenvalue weighted by Gasteiger charge is 2.34. The van der Waals surface area contributed by atoms with Crippen LogP contribution in [-0.2, 0) is 33.9 Å². The second kappa shape index (κ2) is 18.6. The minimum absolute atomic E-state index is 0.0323. The zero-order valence-electron chi connectivity index (χ0n) is 31.8. The van der Waals surface area contributed by atoms with Crippen LogP contribution in [0.15, 0.2) is 115 Å². The van der Waals surface area contributed by atoms with E-state index in [1.807, 2.05) is 90.4 Å². The Bertz CT molecular complexity index is 1830. The van der Waals surface area contributed by atoms with Gasteiger partial charge in [-0.15, -0.1) is 0 Å². The van der Waals surface area contributed by atoms with Crippen molar-refractivity contribution in [1.82, 2.24) is 19.6 Å². The largest absolute Gasteiger partial charge is 0.491 e. The fraction of sp³-hybridized carbons (Fsp3) is 0.356. The molecule has 9 nitrogen and oxygen atoms in total. The van der Waals surface area contributed by atoms with Crippen LogP contribution in [0.4, 0.5) is 5.69 Å². The summed E-state index contributed by atoms with van der Waals surface area (Å²) in [6.45, 7) is 12.4. The van der Waals surface area contributed by atoms with Gasteiger partial charge in [0.1, 0.15) is 11.8 Å². The fourth-order valence-electron chi connectivity index (χ4n) is 7.17. The number of ether oxygens (including phenoxy) is 1. The lowest BCUT2D eigenvalue weighted by atomic mass is 10.0. The van der Waals surface area contributed by atoms with E-state index in [0.717, 1.165) is 60.9 Å². The SMILES string of the molecule is CC(=O)N1CCN(c2ccc(CN(C(=O)/C=C/c3ccc(OC(C)C)cc3)[C@@H](Cc3ccccc3)C(=O)N3CCN(Cc4ccccc4)CC3)cc2)CC1. The molecule has 0 bridgehead atoms. The molecular weight excluding hydrogens is 675 g/mol. The first-order valence-corrected chi connectivity index (χ1v) is 19.2. The standard InChI is InChI=1S/C45H53N5O4/c1-35(2)54-42-21-16-37(17-22-42)18-23-44(52)50(34-40-14-19-41(20-15-40)48-30-28-47(29-31-48)36(3)51)43(32-38-10-6-4-7-11-38)45(53)49-26-24-46(25-27-49)33-39-12-8-5-9-13-39/h4-23,35,43H,24-34H2,1-3H3/b23-18+/t43-/m0/s1. The number of piperazine rings is 2. The van der Waals surface area contributed by atoms with E-state index in [2.05, 4.69) is 58.3 Å². The van der Waals surface area contributed by atoms with Gasteiger partial charge in [-0.2, -0.15) is 0 Å². The number of hydrogen-bond donors (Lipinski definition) is 0. The van der Waals surface area contributed by atoms with E-state index in [4.69, 9.17) is 4.74 Å². The summed E-state index contributed by atoms with van der Waals surface area (Å²) in [7, 11) is 0. The molecule has 2 aliphatic rings. The van der Waals surface area contributed by atoms with Crippen LogP contribution in [0, 0.1) is 0 Å². The number of amides is 3. The Labute approximate surface area is 320 Å². The van der Waals surface area contributed by atoms with Crippen LogP contribution in [0.5, 0.6) is 5.75 Å². The van der Waals surface area contributed by atoms with Crippen LogP contribution >= 0.6 is 0 Å². The zero-order valence-corrected chi connectivity index (χ0v) is 31.8. The Morgan fingerprint density at radius 3 is 1.87 bits per heavy atom.